The Labute approximate surface area is 176 Å². The summed E-state index contributed by atoms with van der Waals surface area (Å²) in [6.07, 6.45) is 0. The van der Waals surface area contributed by atoms with Gasteiger partial charge in [-0.1, -0.05) is 0 Å². The Bertz CT molecular complexity index is 942. The van der Waals surface area contributed by atoms with Crippen molar-refractivity contribution in [2.24, 2.45) is 0 Å². The first-order chi connectivity index (χ1) is 14.8. The molecule has 0 aromatic heterocycles. The van der Waals surface area contributed by atoms with Crippen LogP contribution in [0.3, 0.4) is 0 Å². The predicted octanol–water partition coefficient (Wildman–Crippen LogP) is 4.33. The molecule has 0 amide bonds. The topological polar surface area (TPSA) is 71.1 Å². The average molecular weight is 464 g/mol. The third kappa shape index (κ3) is 3.12. The molecule has 1 saturated carbocycles. The number of ether oxygens (including phenoxy) is 4. The molecule has 0 spiro atoms. The van der Waals surface area contributed by atoms with Gasteiger partial charge >= 0.3 is 35.5 Å². The molecular weight excluding hydrogens is 450 g/mol. The van der Waals surface area contributed by atoms with Crippen LogP contribution < -0.4 is 9.47 Å². The van der Waals surface area contributed by atoms with E-state index in [1.165, 1.54) is 0 Å². The fourth-order valence-electron chi connectivity index (χ4n) is 2.88. The van der Waals surface area contributed by atoms with Gasteiger partial charge in [0.2, 0.25) is 0 Å². The summed E-state index contributed by atoms with van der Waals surface area (Å²) in [6, 6.07) is 6.99. The van der Waals surface area contributed by atoms with E-state index in [0.29, 0.717) is 0 Å². The summed E-state index contributed by atoms with van der Waals surface area (Å²) in [5.74, 6) is -24.4. The van der Waals surface area contributed by atoms with Crippen molar-refractivity contribution in [1.29, 1.82) is 0 Å². The van der Waals surface area contributed by atoms with E-state index in [9.17, 15) is 27.2 Å². The van der Waals surface area contributed by atoms with Crippen molar-refractivity contribution in [3.63, 3.8) is 0 Å². The van der Waals surface area contributed by atoms with Crippen LogP contribution in [0.4, 0.5) is 26.3 Å². The molecule has 1 fully saturated rings. The summed E-state index contributed by atoms with van der Waals surface area (Å²) in [4.78, 5) is 22.8. The average Bonchev–Trinajstić information content (AvgIpc) is 2.78. The van der Waals surface area contributed by atoms with E-state index in [2.05, 4.69) is 18.9 Å². The van der Waals surface area contributed by atoms with E-state index in [-0.39, 0.29) is 11.1 Å². The molecule has 0 N–H and O–H groups in total. The van der Waals surface area contributed by atoms with Gasteiger partial charge in [-0.3, -0.25) is 0 Å². The lowest BCUT2D eigenvalue weighted by Gasteiger charge is -2.55. The number of hydrogen-bond donors (Lipinski definition) is 0. The lowest BCUT2D eigenvalue weighted by molar-refractivity contribution is -0.527. The number of benzene rings is 2. The van der Waals surface area contributed by atoms with Crippen LogP contribution in [-0.4, -0.2) is 49.7 Å². The van der Waals surface area contributed by atoms with Gasteiger partial charge in [-0.05, 0) is 48.5 Å². The lowest BCUT2D eigenvalue weighted by atomic mass is 9.76. The fraction of sp³-hybridized carbons (Fsp3) is 0.300. The van der Waals surface area contributed by atoms with Crippen molar-refractivity contribution in [1.82, 2.24) is 0 Å². The summed E-state index contributed by atoms with van der Waals surface area (Å²) in [7, 11) is 2.12. The Morgan fingerprint density at radius 2 is 0.875 bits per heavy atom. The summed E-state index contributed by atoms with van der Waals surface area (Å²) < 4.78 is 104. The zero-order valence-electron chi connectivity index (χ0n) is 16.3. The quantitative estimate of drug-likeness (QED) is 0.468. The van der Waals surface area contributed by atoms with Crippen LogP contribution in [-0.2, 0) is 9.47 Å². The monoisotopic (exact) mass is 464 g/mol. The summed E-state index contributed by atoms with van der Waals surface area (Å²) >= 11 is 0. The van der Waals surface area contributed by atoms with Gasteiger partial charge in [0, 0.05) is 0 Å². The molecule has 0 saturated heterocycles. The molecular formula is C20H14F6O6. The van der Waals surface area contributed by atoms with Gasteiger partial charge in [0.05, 0.1) is 25.3 Å². The molecule has 2 atom stereocenters. The first-order valence-electron chi connectivity index (χ1n) is 8.73. The van der Waals surface area contributed by atoms with Crippen LogP contribution in [0, 0.1) is 0 Å². The SMILES string of the molecule is COC(=O)c1ccc(OC2(F)C(F)(F)C(F)(F)C2(F)Oc2ccc(C(=O)OC)cc2)cc1. The summed E-state index contributed by atoms with van der Waals surface area (Å²) in [5.41, 5.74) is -0.182. The number of esters is 2. The standard InChI is InChI=1S/C20H14F6O6/c1-29-15(27)11-3-7-13(8-4-11)31-19(25)17(21,22)18(23,24)20(19,26)32-14-9-5-12(6-10-14)16(28)30-2/h3-10H,1-2H3. The number of alkyl halides is 6. The molecule has 32 heavy (non-hydrogen) atoms. The van der Waals surface area contributed by atoms with Crippen LogP contribution in [0.15, 0.2) is 48.5 Å². The Morgan fingerprint density at radius 1 is 0.594 bits per heavy atom. The summed E-state index contributed by atoms with van der Waals surface area (Å²) in [6.45, 7) is 0. The van der Waals surface area contributed by atoms with Crippen LogP contribution in [0.5, 0.6) is 11.5 Å². The molecule has 0 aliphatic heterocycles. The van der Waals surface area contributed by atoms with Crippen molar-refractivity contribution in [2.75, 3.05) is 14.2 Å². The second-order valence-electron chi connectivity index (χ2n) is 6.58. The highest BCUT2D eigenvalue weighted by Gasteiger charge is 3.03. The molecule has 0 bridgehead atoms. The maximum atomic E-state index is 15.1. The summed E-state index contributed by atoms with van der Waals surface area (Å²) in [5, 5.41) is 0. The van der Waals surface area contributed by atoms with E-state index >= 15 is 8.78 Å². The van der Waals surface area contributed by atoms with Crippen LogP contribution >= 0.6 is 0 Å². The third-order valence-corrected chi connectivity index (χ3v) is 4.68. The normalized spacial score (nSPS) is 25.2. The highest BCUT2D eigenvalue weighted by molar-refractivity contribution is 5.89. The molecule has 2 aromatic carbocycles. The molecule has 172 valence electrons. The predicted molar refractivity (Wildman–Crippen MR) is 94.4 cm³/mol. The van der Waals surface area contributed by atoms with Crippen molar-refractivity contribution in [3.05, 3.63) is 59.7 Å². The highest BCUT2D eigenvalue weighted by Crippen LogP contribution is 2.68. The van der Waals surface area contributed by atoms with E-state index in [1.54, 1.807) is 0 Å². The maximum Gasteiger partial charge on any atom is 0.395 e. The molecule has 6 nitrogen and oxygen atoms in total. The third-order valence-electron chi connectivity index (χ3n) is 4.68. The molecule has 1 aliphatic carbocycles. The number of halogens is 6. The van der Waals surface area contributed by atoms with E-state index < -0.39 is 47.0 Å². The molecule has 1 aliphatic rings. The number of hydrogen-bond acceptors (Lipinski definition) is 6. The first-order valence-corrected chi connectivity index (χ1v) is 8.73. The van der Waals surface area contributed by atoms with Crippen molar-refractivity contribution >= 4 is 11.9 Å². The molecule has 3 rings (SSSR count). The largest absolute Gasteiger partial charge is 0.465 e. The highest BCUT2D eigenvalue weighted by atomic mass is 19.3. The van der Waals surface area contributed by atoms with Gasteiger partial charge in [-0.15, -0.1) is 0 Å². The van der Waals surface area contributed by atoms with Gasteiger partial charge in [-0.25, -0.2) is 9.59 Å². The van der Waals surface area contributed by atoms with Gasteiger partial charge in [0.25, 0.3) is 0 Å². The van der Waals surface area contributed by atoms with Crippen molar-refractivity contribution < 1.29 is 54.9 Å². The second kappa shape index (κ2) is 7.61. The van der Waals surface area contributed by atoms with Gasteiger partial charge in [0.1, 0.15) is 11.5 Å². The Morgan fingerprint density at radius 3 is 1.12 bits per heavy atom. The minimum absolute atomic E-state index is 0.0908. The van der Waals surface area contributed by atoms with Gasteiger partial charge < -0.3 is 18.9 Å². The van der Waals surface area contributed by atoms with Gasteiger partial charge in [0.15, 0.2) is 0 Å². The number of rotatable bonds is 6. The van der Waals surface area contributed by atoms with Crippen molar-refractivity contribution in [3.8, 4) is 11.5 Å². The van der Waals surface area contributed by atoms with Crippen LogP contribution in [0.25, 0.3) is 0 Å². The lowest BCUT2D eigenvalue weighted by Crippen LogP contribution is -2.89. The fourth-order valence-corrected chi connectivity index (χ4v) is 2.88. The molecule has 2 aromatic rings. The Balaban J connectivity index is 1.92. The van der Waals surface area contributed by atoms with E-state index in [1.807, 2.05) is 0 Å². The minimum Gasteiger partial charge on any atom is -0.465 e. The van der Waals surface area contributed by atoms with Crippen LogP contribution in [0.1, 0.15) is 20.7 Å². The van der Waals surface area contributed by atoms with E-state index in [4.69, 9.17) is 0 Å². The molecule has 2 unspecified atom stereocenters. The van der Waals surface area contributed by atoms with E-state index in [0.717, 1.165) is 62.8 Å². The number of methoxy groups -OCH3 is 2. The molecule has 0 radical (unpaired) electrons. The number of carbonyl (C=O) groups excluding carboxylic acids is 2. The Hall–Kier alpha value is -3.44. The minimum atomic E-state index is -5.62. The van der Waals surface area contributed by atoms with Crippen LogP contribution in [0.2, 0.25) is 0 Å². The van der Waals surface area contributed by atoms with Gasteiger partial charge in [-0.2, -0.15) is 26.3 Å². The second-order valence-corrected chi connectivity index (χ2v) is 6.58. The maximum absolute atomic E-state index is 15.1. The first kappa shape index (κ1) is 23.2. The number of carbonyl (C=O) groups is 2. The zero-order chi connectivity index (χ0) is 23.9. The molecule has 12 heteroatoms. The smallest absolute Gasteiger partial charge is 0.395 e. The van der Waals surface area contributed by atoms with Crippen molar-refractivity contribution in [2.45, 2.75) is 23.6 Å². The molecule has 0 heterocycles. The zero-order valence-corrected chi connectivity index (χ0v) is 16.3. The Kier molecular flexibility index (Phi) is 5.52.